The van der Waals surface area contributed by atoms with Gasteiger partial charge in [-0.2, -0.15) is 9.59 Å². The van der Waals surface area contributed by atoms with Gasteiger partial charge in [0.25, 0.3) is 0 Å². The molecule has 0 radical (unpaired) electrons. The van der Waals surface area contributed by atoms with E-state index in [-0.39, 0.29) is 11.8 Å². The van der Waals surface area contributed by atoms with E-state index < -0.39 is 5.97 Å². The molecule has 2 aliphatic rings. The SMILES string of the molecule is O=C(O)c1nc(N2CCC2)cnc1N1CCC1.O=C=O. The first kappa shape index (κ1) is 14.0. The van der Waals surface area contributed by atoms with E-state index in [1.165, 1.54) is 0 Å². The zero-order valence-corrected chi connectivity index (χ0v) is 10.8. The van der Waals surface area contributed by atoms with Gasteiger partial charge in [-0.15, -0.1) is 0 Å². The van der Waals surface area contributed by atoms with Crippen LogP contribution >= 0.6 is 0 Å². The van der Waals surface area contributed by atoms with Crippen molar-refractivity contribution in [2.24, 2.45) is 0 Å². The molecular formula is C12H14N4O4. The smallest absolute Gasteiger partial charge is 0.373 e. The average molecular weight is 278 g/mol. The van der Waals surface area contributed by atoms with Crippen LogP contribution in [-0.2, 0) is 9.59 Å². The molecule has 0 spiro atoms. The van der Waals surface area contributed by atoms with Crippen molar-refractivity contribution in [3.05, 3.63) is 11.9 Å². The van der Waals surface area contributed by atoms with Crippen molar-refractivity contribution in [2.75, 3.05) is 36.0 Å². The number of aromatic carboxylic acids is 1. The Morgan fingerprint density at radius 2 is 1.70 bits per heavy atom. The van der Waals surface area contributed by atoms with Gasteiger partial charge in [0, 0.05) is 26.2 Å². The molecule has 2 fully saturated rings. The molecule has 2 saturated heterocycles. The number of hydrogen-bond donors (Lipinski definition) is 1. The first-order valence-corrected chi connectivity index (χ1v) is 6.27. The topological polar surface area (TPSA) is 104 Å². The lowest BCUT2D eigenvalue weighted by atomic mass is 10.2. The minimum Gasteiger partial charge on any atom is -0.476 e. The number of nitrogens with zero attached hydrogens (tertiary/aromatic N) is 4. The maximum absolute atomic E-state index is 11.2. The normalized spacial score (nSPS) is 16.2. The highest BCUT2D eigenvalue weighted by molar-refractivity contribution is 5.91. The molecule has 0 atom stereocenters. The molecule has 3 rings (SSSR count). The number of carbonyl (C=O) groups is 1. The minimum atomic E-state index is -0.998. The predicted molar refractivity (Wildman–Crippen MR) is 67.7 cm³/mol. The monoisotopic (exact) mass is 278 g/mol. The van der Waals surface area contributed by atoms with Gasteiger partial charge in [0.05, 0.1) is 6.20 Å². The van der Waals surface area contributed by atoms with Crippen molar-refractivity contribution >= 4 is 23.8 Å². The molecule has 0 amide bonds. The average Bonchev–Trinajstić information content (AvgIpc) is 2.27. The van der Waals surface area contributed by atoms with Gasteiger partial charge in [-0.25, -0.2) is 14.8 Å². The van der Waals surface area contributed by atoms with Crippen molar-refractivity contribution in [3.8, 4) is 0 Å². The van der Waals surface area contributed by atoms with Crippen LogP contribution in [0.5, 0.6) is 0 Å². The predicted octanol–water partition coefficient (Wildman–Crippen LogP) is 0.0115. The Kier molecular flexibility index (Phi) is 4.27. The maximum atomic E-state index is 11.2. The lowest BCUT2D eigenvalue weighted by molar-refractivity contribution is -0.191. The third-order valence-electron chi connectivity index (χ3n) is 3.28. The molecular weight excluding hydrogens is 264 g/mol. The molecule has 106 valence electrons. The molecule has 0 aliphatic carbocycles. The Balaban J connectivity index is 0.000000452. The van der Waals surface area contributed by atoms with Gasteiger partial charge in [-0.05, 0) is 12.8 Å². The van der Waals surface area contributed by atoms with Crippen molar-refractivity contribution in [3.63, 3.8) is 0 Å². The third kappa shape index (κ3) is 2.75. The summed E-state index contributed by atoms with van der Waals surface area (Å²) >= 11 is 0. The quantitative estimate of drug-likeness (QED) is 0.824. The van der Waals surface area contributed by atoms with E-state index in [2.05, 4.69) is 9.97 Å². The van der Waals surface area contributed by atoms with Gasteiger partial charge in [-0.3, -0.25) is 0 Å². The van der Waals surface area contributed by atoms with Gasteiger partial charge in [0.2, 0.25) is 0 Å². The molecule has 0 saturated carbocycles. The summed E-state index contributed by atoms with van der Waals surface area (Å²) in [6.07, 6.45) is 4.16. The van der Waals surface area contributed by atoms with Crippen molar-refractivity contribution < 1.29 is 19.5 Å². The molecule has 2 aliphatic heterocycles. The highest BCUT2D eigenvalue weighted by atomic mass is 16.4. The molecule has 0 bridgehead atoms. The minimum absolute atomic E-state index is 0.0779. The van der Waals surface area contributed by atoms with Gasteiger partial charge >= 0.3 is 12.1 Å². The highest BCUT2D eigenvalue weighted by Crippen LogP contribution is 2.25. The molecule has 20 heavy (non-hydrogen) atoms. The Morgan fingerprint density at radius 3 is 2.10 bits per heavy atom. The molecule has 0 aromatic carbocycles. The second-order valence-electron chi connectivity index (χ2n) is 4.47. The fraction of sp³-hybridized carbons (Fsp3) is 0.500. The van der Waals surface area contributed by atoms with Crippen LogP contribution in [0.1, 0.15) is 23.3 Å². The molecule has 1 aromatic heterocycles. The Bertz CT molecular complexity index is 534. The summed E-state index contributed by atoms with van der Waals surface area (Å²) in [5.41, 5.74) is 0.0779. The van der Waals surface area contributed by atoms with Gasteiger partial charge in [0.15, 0.2) is 11.5 Å². The van der Waals surface area contributed by atoms with Crippen LogP contribution in [0.15, 0.2) is 6.20 Å². The molecule has 1 N–H and O–H groups in total. The van der Waals surface area contributed by atoms with Crippen LogP contribution < -0.4 is 9.80 Å². The van der Waals surface area contributed by atoms with E-state index in [0.717, 1.165) is 39.0 Å². The largest absolute Gasteiger partial charge is 0.476 e. The summed E-state index contributed by atoms with van der Waals surface area (Å²) < 4.78 is 0. The summed E-state index contributed by atoms with van der Waals surface area (Å²) in [6, 6.07) is 0. The number of carboxylic acids is 1. The van der Waals surface area contributed by atoms with Gasteiger partial charge < -0.3 is 14.9 Å². The second-order valence-corrected chi connectivity index (χ2v) is 4.47. The number of rotatable bonds is 3. The lowest BCUT2D eigenvalue weighted by Crippen LogP contribution is -2.40. The fourth-order valence-electron chi connectivity index (χ4n) is 1.97. The Labute approximate surface area is 115 Å². The number of hydrogen-bond acceptors (Lipinski definition) is 7. The number of aromatic nitrogens is 2. The van der Waals surface area contributed by atoms with Crippen LogP contribution in [-0.4, -0.2) is 53.4 Å². The zero-order valence-electron chi connectivity index (χ0n) is 10.8. The summed E-state index contributed by atoms with van der Waals surface area (Å²) in [4.78, 5) is 39.9. The number of carbonyl (C=O) groups excluding carboxylic acids is 2. The van der Waals surface area contributed by atoms with Crippen LogP contribution in [0.2, 0.25) is 0 Å². The second kappa shape index (κ2) is 6.12. The van der Waals surface area contributed by atoms with E-state index in [1.807, 2.05) is 9.80 Å². The van der Waals surface area contributed by atoms with E-state index in [0.29, 0.717) is 11.6 Å². The third-order valence-corrected chi connectivity index (χ3v) is 3.28. The summed E-state index contributed by atoms with van der Waals surface area (Å²) in [6.45, 7) is 3.63. The van der Waals surface area contributed by atoms with E-state index in [1.54, 1.807) is 6.20 Å². The summed E-state index contributed by atoms with van der Waals surface area (Å²) in [5, 5.41) is 9.18. The van der Waals surface area contributed by atoms with Crippen LogP contribution in [0.25, 0.3) is 0 Å². The van der Waals surface area contributed by atoms with Crippen LogP contribution in [0.3, 0.4) is 0 Å². The molecule has 3 heterocycles. The molecule has 8 heteroatoms. The standard InChI is InChI=1S/C11H14N4O2.CO2/c16-11(17)9-10(15-5-2-6-15)12-7-8(13-9)14-3-1-4-14;2-1-3/h7H,1-6H2,(H,16,17);. The van der Waals surface area contributed by atoms with Crippen molar-refractivity contribution in [2.45, 2.75) is 12.8 Å². The number of anilines is 2. The van der Waals surface area contributed by atoms with E-state index >= 15 is 0 Å². The first-order valence-electron chi connectivity index (χ1n) is 6.27. The zero-order chi connectivity index (χ0) is 14.5. The Hall–Kier alpha value is -2.47. The van der Waals surface area contributed by atoms with E-state index in [9.17, 15) is 9.90 Å². The van der Waals surface area contributed by atoms with Crippen LogP contribution in [0.4, 0.5) is 11.6 Å². The lowest BCUT2D eigenvalue weighted by Gasteiger charge is -2.34. The summed E-state index contributed by atoms with van der Waals surface area (Å²) in [7, 11) is 0. The summed E-state index contributed by atoms with van der Waals surface area (Å²) in [5.74, 6) is 0.188. The molecule has 1 aromatic rings. The maximum Gasteiger partial charge on any atom is 0.373 e. The number of carboxylic acid groups (broad SMARTS) is 1. The van der Waals surface area contributed by atoms with Crippen LogP contribution in [0, 0.1) is 0 Å². The Morgan fingerprint density at radius 1 is 1.15 bits per heavy atom. The highest BCUT2D eigenvalue weighted by Gasteiger charge is 2.26. The van der Waals surface area contributed by atoms with E-state index in [4.69, 9.17) is 9.59 Å². The fourth-order valence-corrected chi connectivity index (χ4v) is 1.97. The van der Waals surface area contributed by atoms with Gasteiger partial charge in [0.1, 0.15) is 5.82 Å². The van der Waals surface area contributed by atoms with Gasteiger partial charge in [-0.1, -0.05) is 0 Å². The van der Waals surface area contributed by atoms with Crippen molar-refractivity contribution in [1.82, 2.24) is 9.97 Å². The molecule has 8 nitrogen and oxygen atoms in total. The molecule has 0 unspecified atom stereocenters. The first-order chi connectivity index (χ1) is 9.67. The van der Waals surface area contributed by atoms with Crippen molar-refractivity contribution in [1.29, 1.82) is 0 Å².